The number of hydrogen-bond acceptors (Lipinski definition) is 5. The quantitative estimate of drug-likeness (QED) is 0.704. The van der Waals surface area contributed by atoms with E-state index in [1.807, 2.05) is 6.92 Å². The lowest BCUT2D eigenvalue weighted by atomic mass is 10.2. The van der Waals surface area contributed by atoms with Gasteiger partial charge in [0.05, 0.1) is 12.6 Å². The van der Waals surface area contributed by atoms with E-state index < -0.39 is 5.69 Å². The third-order valence-electron chi connectivity index (χ3n) is 3.68. The average molecular weight is 328 g/mol. The van der Waals surface area contributed by atoms with E-state index in [1.165, 1.54) is 7.05 Å². The second-order valence-electron chi connectivity index (χ2n) is 5.29. The summed E-state index contributed by atoms with van der Waals surface area (Å²) in [6, 6.07) is 5.55. The van der Waals surface area contributed by atoms with Crippen LogP contribution in [0.2, 0.25) is 0 Å². The summed E-state index contributed by atoms with van der Waals surface area (Å²) in [6.07, 6.45) is 1.65. The number of benzene rings is 1. The van der Waals surface area contributed by atoms with E-state index in [9.17, 15) is 4.79 Å². The largest absolute Gasteiger partial charge is 0.488 e. The molecule has 3 rings (SSSR count). The summed E-state index contributed by atoms with van der Waals surface area (Å²) in [4.78, 5) is 12.2. The van der Waals surface area contributed by atoms with Crippen molar-refractivity contribution < 1.29 is 6.11 Å². The van der Waals surface area contributed by atoms with Crippen molar-refractivity contribution in [2.45, 2.75) is 13.5 Å². The zero-order valence-electron chi connectivity index (χ0n) is 14.7. The molecule has 8 heteroatoms. The van der Waals surface area contributed by atoms with E-state index >= 15 is 0 Å². The molecule has 0 fully saturated rings. The number of hydrogen-bond donors (Lipinski definition) is 0. The van der Waals surface area contributed by atoms with Crippen molar-refractivity contribution in [1.29, 1.82) is 0 Å². The molecule has 124 valence electrons. The molecule has 0 aliphatic carbocycles. The molecule has 0 saturated heterocycles. The van der Waals surface area contributed by atoms with Crippen molar-refractivity contribution >= 4 is 6.08 Å². The lowest BCUT2D eigenvalue weighted by Crippen LogP contribution is -2.23. The number of para-hydroxylation sites is 1. The topological polar surface area (TPSA) is 79.8 Å². The Morgan fingerprint density at radius 3 is 2.75 bits per heavy atom. The summed E-state index contributed by atoms with van der Waals surface area (Å²) in [5, 5.41) is 11.9. The number of tetrazole rings is 1. The summed E-state index contributed by atoms with van der Waals surface area (Å²) in [5.74, 6) is 1.01. The maximum absolute atomic E-state index is 12.2. The van der Waals surface area contributed by atoms with Gasteiger partial charge in [0.15, 0.2) is 5.82 Å². The molecule has 0 unspecified atom stereocenters. The number of aromatic nitrogens is 6. The van der Waals surface area contributed by atoms with Crippen LogP contribution in [0, 0.1) is 6.92 Å². The van der Waals surface area contributed by atoms with Crippen LogP contribution in [0.3, 0.4) is 0 Å². The third kappa shape index (κ3) is 2.62. The summed E-state index contributed by atoms with van der Waals surface area (Å²) in [6.45, 7) is 5.85. The van der Waals surface area contributed by atoms with Crippen molar-refractivity contribution in [1.82, 2.24) is 29.6 Å². The molecule has 0 radical (unpaired) electrons. The molecule has 0 atom stereocenters. The molecule has 3 aromatic rings. The van der Waals surface area contributed by atoms with Gasteiger partial charge in [-0.05, 0) is 35.1 Å². The van der Waals surface area contributed by atoms with Gasteiger partial charge in [-0.3, -0.25) is 4.68 Å². The highest BCUT2D eigenvalue weighted by Gasteiger charge is 2.20. The van der Waals surface area contributed by atoms with Crippen LogP contribution >= 0.6 is 0 Å². The van der Waals surface area contributed by atoms with E-state index in [0.29, 0.717) is 23.2 Å². The Bertz CT molecular complexity index is 1000. The van der Waals surface area contributed by atoms with E-state index in [0.717, 1.165) is 20.6 Å². The average Bonchev–Trinajstić information content (AvgIpc) is 3.06. The molecule has 2 aromatic heterocycles. The fraction of sp³-hybridized carbons (Fsp3) is 0.250. The van der Waals surface area contributed by atoms with Crippen LogP contribution in [0.15, 0.2) is 35.6 Å². The van der Waals surface area contributed by atoms with Gasteiger partial charge in [0, 0.05) is 14.1 Å². The molecule has 0 spiro atoms. The molecule has 0 aliphatic rings. The summed E-state index contributed by atoms with van der Waals surface area (Å²) >= 11 is 0. The normalized spacial score (nSPS) is 11.4. The number of nitrogens with zero attached hydrogens (tertiary/aromatic N) is 6. The fourth-order valence-electron chi connectivity index (χ4n) is 2.39. The molecule has 1 aromatic carbocycles. The zero-order valence-corrected chi connectivity index (χ0v) is 13.7. The monoisotopic (exact) mass is 328 g/mol. The molecule has 0 N–H and O–H groups in total. The van der Waals surface area contributed by atoms with Gasteiger partial charge < -0.3 is 4.74 Å². The van der Waals surface area contributed by atoms with Crippen LogP contribution in [0.1, 0.15) is 18.2 Å². The highest BCUT2D eigenvalue weighted by atomic mass is 16.5. The van der Waals surface area contributed by atoms with Crippen LogP contribution in [0.5, 0.6) is 5.75 Å². The van der Waals surface area contributed by atoms with Crippen molar-refractivity contribution in [2.24, 2.45) is 14.1 Å². The molecule has 0 saturated carbocycles. The minimum absolute atomic E-state index is 0.172. The van der Waals surface area contributed by atoms with Crippen LogP contribution < -0.4 is 10.4 Å². The second kappa shape index (κ2) is 6.15. The van der Waals surface area contributed by atoms with Gasteiger partial charge in [-0.2, -0.15) is 9.78 Å². The molecule has 2 heterocycles. The summed E-state index contributed by atoms with van der Waals surface area (Å²) in [7, 11) is 3.27. The van der Waals surface area contributed by atoms with Gasteiger partial charge in [-0.15, -0.1) is 4.68 Å². The minimum atomic E-state index is -0.398. The first-order valence-electron chi connectivity index (χ1n) is 7.80. The van der Waals surface area contributed by atoms with Gasteiger partial charge >= 0.3 is 5.69 Å². The van der Waals surface area contributed by atoms with Crippen LogP contribution in [-0.4, -0.2) is 29.6 Å². The van der Waals surface area contributed by atoms with Crippen LogP contribution in [-0.2, 0) is 20.7 Å². The molecule has 0 bridgehead atoms. The van der Waals surface area contributed by atoms with Crippen molar-refractivity contribution in [3.8, 4) is 11.6 Å². The Balaban J connectivity index is 2.01. The van der Waals surface area contributed by atoms with Gasteiger partial charge in [0.25, 0.3) is 0 Å². The fourth-order valence-corrected chi connectivity index (χ4v) is 2.39. The molecule has 8 nitrogen and oxygen atoms in total. The summed E-state index contributed by atoms with van der Waals surface area (Å²) < 4.78 is 17.4. The Kier molecular flexibility index (Phi) is 3.70. The van der Waals surface area contributed by atoms with Crippen molar-refractivity contribution in [3.05, 3.63) is 58.1 Å². The van der Waals surface area contributed by atoms with Crippen LogP contribution in [0.25, 0.3) is 11.9 Å². The molecule has 0 aliphatic heterocycles. The first-order valence-corrected chi connectivity index (χ1v) is 7.30. The number of ether oxygens (including phenoxy) is 1. The number of rotatable bonds is 5. The first kappa shape index (κ1) is 14.4. The predicted octanol–water partition coefficient (Wildman–Crippen LogP) is 1.23. The maximum Gasteiger partial charge on any atom is 0.369 e. The van der Waals surface area contributed by atoms with Crippen molar-refractivity contribution in [3.63, 3.8) is 0 Å². The molecular weight excluding hydrogens is 308 g/mol. The van der Waals surface area contributed by atoms with E-state index in [4.69, 9.17) is 6.11 Å². The maximum atomic E-state index is 12.2. The Labute approximate surface area is 140 Å². The Morgan fingerprint density at radius 1 is 1.33 bits per heavy atom. The Morgan fingerprint density at radius 2 is 2.12 bits per heavy atom. The van der Waals surface area contributed by atoms with Gasteiger partial charge in [0.1, 0.15) is 12.4 Å². The smallest absolute Gasteiger partial charge is 0.369 e. The van der Waals surface area contributed by atoms with Crippen molar-refractivity contribution in [2.75, 3.05) is 0 Å². The highest BCUT2D eigenvalue weighted by molar-refractivity contribution is 5.53. The van der Waals surface area contributed by atoms with E-state index in [-0.39, 0.29) is 6.61 Å². The molecular formula is C16H18N6O2. The third-order valence-corrected chi connectivity index (χ3v) is 3.68. The van der Waals surface area contributed by atoms with Gasteiger partial charge in [0.2, 0.25) is 0 Å². The molecule has 0 amide bonds. The second-order valence-corrected chi connectivity index (χ2v) is 5.29. The lowest BCUT2D eigenvalue weighted by molar-refractivity contribution is 0.303. The summed E-state index contributed by atoms with van der Waals surface area (Å²) in [5.41, 5.74) is 1.86. The highest BCUT2D eigenvalue weighted by Crippen LogP contribution is 2.22. The van der Waals surface area contributed by atoms with E-state index in [1.54, 1.807) is 36.0 Å². The van der Waals surface area contributed by atoms with Gasteiger partial charge in [-0.25, -0.2) is 4.79 Å². The minimum Gasteiger partial charge on any atom is -0.488 e. The SMILES string of the molecule is [3H]c1ccc(OCc2c(-n3nnn(C)c3=O)nn(C)c2C=C)c(C)c1. The zero-order chi connectivity index (χ0) is 18.1. The number of aryl methyl sites for hydroxylation is 3. The molecule has 24 heavy (non-hydrogen) atoms. The first-order chi connectivity index (χ1) is 11.9. The lowest BCUT2D eigenvalue weighted by Gasteiger charge is -2.09. The van der Waals surface area contributed by atoms with Gasteiger partial charge in [-0.1, -0.05) is 24.8 Å². The standard InChI is InChI=1S/C16H18N6O2/c1-5-13-12(10-24-14-9-7-6-8-11(14)2)15(17-20(13)3)22-16(23)21(4)18-19-22/h5-9H,1,10H2,2-4H3/i6T. The predicted molar refractivity (Wildman–Crippen MR) is 89.0 cm³/mol. The Hall–Kier alpha value is -3.16. The van der Waals surface area contributed by atoms with E-state index in [2.05, 4.69) is 22.1 Å². The van der Waals surface area contributed by atoms with Crippen LogP contribution in [0.4, 0.5) is 0 Å².